The maximum absolute atomic E-state index is 13.0. The zero-order chi connectivity index (χ0) is 19.1. The molecular weight excluding hydrogens is 374 g/mol. The molecule has 0 spiro atoms. The molecule has 0 radical (unpaired) electrons. The molecular formula is C20H21N5O2S. The lowest BCUT2D eigenvalue weighted by atomic mass is 10.2. The van der Waals surface area contributed by atoms with Gasteiger partial charge in [0, 0.05) is 12.2 Å². The molecule has 0 saturated heterocycles. The van der Waals surface area contributed by atoms with Gasteiger partial charge >= 0.3 is 0 Å². The van der Waals surface area contributed by atoms with Crippen molar-refractivity contribution < 1.29 is 8.42 Å². The summed E-state index contributed by atoms with van der Waals surface area (Å²) in [5.74, 6) is 0.807. The standard InChI is InChI=1S/C20H21N5O2S/c26-28(27,14-15-6-2-1-3-7-15)24-11-10-17-20(24)22-12-18-21-13-19(25(17)18)23-16-8-4-5-9-16/h1-3,6-7,10-13,16,23H,4-5,8-9,14H2. The van der Waals surface area contributed by atoms with E-state index in [9.17, 15) is 8.42 Å². The lowest BCUT2D eigenvalue weighted by molar-refractivity contribution is 0.588. The van der Waals surface area contributed by atoms with Crippen molar-refractivity contribution in [3.63, 3.8) is 0 Å². The van der Waals surface area contributed by atoms with Gasteiger partial charge in [-0.3, -0.25) is 4.40 Å². The van der Waals surface area contributed by atoms with Gasteiger partial charge in [-0.05, 0) is 24.5 Å². The zero-order valence-electron chi connectivity index (χ0n) is 15.3. The van der Waals surface area contributed by atoms with Crippen molar-refractivity contribution in [3.8, 4) is 0 Å². The zero-order valence-corrected chi connectivity index (χ0v) is 16.1. The van der Waals surface area contributed by atoms with Crippen molar-refractivity contribution in [2.24, 2.45) is 0 Å². The van der Waals surface area contributed by atoms with Crippen LogP contribution in [0.25, 0.3) is 16.8 Å². The van der Waals surface area contributed by atoms with Crippen molar-refractivity contribution in [1.29, 1.82) is 0 Å². The van der Waals surface area contributed by atoms with Gasteiger partial charge in [0.25, 0.3) is 0 Å². The Morgan fingerprint density at radius 1 is 1.04 bits per heavy atom. The molecule has 0 atom stereocenters. The van der Waals surface area contributed by atoms with Crippen LogP contribution in [0, 0.1) is 0 Å². The first-order chi connectivity index (χ1) is 13.6. The van der Waals surface area contributed by atoms with Gasteiger partial charge in [-0.2, -0.15) is 0 Å². The molecule has 3 heterocycles. The highest BCUT2D eigenvalue weighted by Crippen LogP contribution is 2.26. The molecule has 1 N–H and O–H groups in total. The van der Waals surface area contributed by atoms with Crippen LogP contribution in [0.5, 0.6) is 0 Å². The fourth-order valence-electron chi connectivity index (χ4n) is 3.98. The minimum Gasteiger partial charge on any atom is -0.367 e. The number of fused-ring (bicyclic) bond motifs is 3. The van der Waals surface area contributed by atoms with E-state index in [1.807, 2.05) is 34.7 Å². The van der Waals surface area contributed by atoms with Crippen LogP contribution in [0.3, 0.4) is 0 Å². The Hall–Kier alpha value is -2.87. The minimum atomic E-state index is -3.58. The van der Waals surface area contributed by atoms with Crippen LogP contribution in [-0.4, -0.2) is 32.8 Å². The van der Waals surface area contributed by atoms with Gasteiger partial charge < -0.3 is 5.32 Å². The Bertz CT molecular complexity index is 1240. The Morgan fingerprint density at radius 2 is 1.82 bits per heavy atom. The molecule has 3 aromatic heterocycles. The molecule has 0 amide bonds. The molecule has 1 aromatic carbocycles. The topological polar surface area (TPSA) is 81.3 Å². The first kappa shape index (κ1) is 17.2. The fourth-order valence-corrected chi connectivity index (χ4v) is 5.39. The summed E-state index contributed by atoms with van der Waals surface area (Å²) in [5.41, 5.74) is 2.59. The smallest absolute Gasteiger partial charge is 0.244 e. The summed E-state index contributed by atoms with van der Waals surface area (Å²) < 4.78 is 29.2. The van der Waals surface area contributed by atoms with Crippen molar-refractivity contribution in [2.45, 2.75) is 37.5 Å². The average Bonchev–Trinajstić information content (AvgIpc) is 3.41. The number of nitrogens with zero attached hydrogens (tertiary/aromatic N) is 4. The van der Waals surface area contributed by atoms with Gasteiger partial charge in [-0.1, -0.05) is 43.2 Å². The summed E-state index contributed by atoms with van der Waals surface area (Å²) >= 11 is 0. The van der Waals surface area contributed by atoms with E-state index in [0.717, 1.165) is 29.7 Å². The molecule has 1 saturated carbocycles. The number of anilines is 1. The monoisotopic (exact) mass is 395 g/mol. The van der Waals surface area contributed by atoms with E-state index in [2.05, 4.69) is 15.3 Å². The highest BCUT2D eigenvalue weighted by atomic mass is 32.2. The maximum atomic E-state index is 13.0. The van der Waals surface area contributed by atoms with E-state index < -0.39 is 10.0 Å². The highest BCUT2D eigenvalue weighted by molar-refractivity contribution is 7.89. The summed E-state index contributed by atoms with van der Waals surface area (Å²) in [6.07, 6.45) is 9.76. The molecule has 7 nitrogen and oxygen atoms in total. The molecule has 0 unspecified atom stereocenters. The Morgan fingerprint density at radius 3 is 2.61 bits per heavy atom. The summed E-state index contributed by atoms with van der Waals surface area (Å²) in [5, 5.41) is 3.56. The van der Waals surface area contributed by atoms with Crippen LogP contribution in [0.2, 0.25) is 0 Å². The van der Waals surface area contributed by atoms with Gasteiger partial charge in [0.15, 0.2) is 11.3 Å². The molecule has 1 aliphatic carbocycles. The van der Waals surface area contributed by atoms with E-state index >= 15 is 0 Å². The van der Waals surface area contributed by atoms with Gasteiger partial charge in [0.05, 0.1) is 23.7 Å². The van der Waals surface area contributed by atoms with Gasteiger partial charge in [-0.15, -0.1) is 0 Å². The average molecular weight is 395 g/mol. The second kappa shape index (κ2) is 6.63. The fraction of sp³-hybridized carbons (Fsp3) is 0.300. The second-order valence-electron chi connectivity index (χ2n) is 7.28. The maximum Gasteiger partial charge on any atom is 0.244 e. The third-order valence-electron chi connectivity index (χ3n) is 5.34. The normalized spacial score (nSPS) is 15.6. The largest absolute Gasteiger partial charge is 0.367 e. The predicted molar refractivity (Wildman–Crippen MR) is 109 cm³/mol. The van der Waals surface area contributed by atoms with Crippen molar-refractivity contribution in [3.05, 3.63) is 60.6 Å². The molecule has 144 valence electrons. The number of rotatable bonds is 5. The lowest BCUT2D eigenvalue weighted by Gasteiger charge is -2.13. The third-order valence-corrected chi connectivity index (χ3v) is 6.93. The molecule has 28 heavy (non-hydrogen) atoms. The number of imidazole rings is 1. The lowest BCUT2D eigenvalue weighted by Crippen LogP contribution is -2.16. The van der Waals surface area contributed by atoms with E-state index in [4.69, 9.17) is 0 Å². The summed E-state index contributed by atoms with van der Waals surface area (Å²) in [6, 6.07) is 11.4. The van der Waals surface area contributed by atoms with Crippen LogP contribution < -0.4 is 5.32 Å². The Kier molecular flexibility index (Phi) is 4.08. The number of hydrogen-bond acceptors (Lipinski definition) is 5. The van der Waals surface area contributed by atoms with Crippen molar-refractivity contribution >= 4 is 32.7 Å². The number of hydrogen-bond donors (Lipinski definition) is 1. The third kappa shape index (κ3) is 2.93. The molecule has 1 fully saturated rings. The summed E-state index contributed by atoms with van der Waals surface area (Å²) in [7, 11) is -3.58. The first-order valence-electron chi connectivity index (χ1n) is 9.49. The van der Waals surface area contributed by atoms with Gasteiger partial charge in [0.1, 0.15) is 5.82 Å². The molecule has 8 heteroatoms. The van der Waals surface area contributed by atoms with Crippen LogP contribution in [0.1, 0.15) is 31.2 Å². The van der Waals surface area contributed by atoms with Crippen LogP contribution in [-0.2, 0) is 15.8 Å². The SMILES string of the molecule is O=S(=O)(Cc1ccccc1)n1ccc2c1ncc1ncc(NC3CCCC3)n12. The Labute approximate surface area is 163 Å². The second-order valence-corrected chi connectivity index (χ2v) is 9.13. The van der Waals surface area contributed by atoms with Gasteiger partial charge in [-0.25, -0.2) is 22.4 Å². The first-order valence-corrected chi connectivity index (χ1v) is 11.1. The number of aromatic nitrogens is 4. The van der Waals surface area contributed by atoms with E-state index in [-0.39, 0.29) is 5.75 Å². The van der Waals surface area contributed by atoms with E-state index in [1.54, 1.807) is 24.7 Å². The molecule has 4 aromatic rings. The quantitative estimate of drug-likeness (QED) is 0.560. The van der Waals surface area contributed by atoms with E-state index in [1.165, 1.54) is 16.8 Å². The highest BCUT2D eigenvalue weighted by Gasteiger charge is 2.21. The number of nitrogens with one attached hydrogen (secondary N) is 1. The molecule has 1 aliphatic rings. The predicted octanol–water partition coefficient (Wildman–Crippen LogP) is 3.42. The van der Waals surface area contributed by atoms with Crippen LogP contribution >= 0.6 is 0 Å². The number of benzene rings is 1. The summed E-state index contributed by atoms with van der Waals surface area (Å²) in [6.45, 7) is 0. The van der Waals surface area contributed by atoms with Crippen molar-refractivity contribution in [1.82, 2.24) is 18.3 Å². The Balaban J connectivity index is 1.58. The minimum absolute atomic E-state index is 0.0750. The molecule has 0 bridgehead atoms. The molecule has 5 rings (SSSR count). The molecule has 0 aliphatic heterocycles. The van der Waals surface area contributed by atoms with Gasteiger partial charge in [0.2, 0.25) is 10.0 Å². The van der Waals surface area contributed by atoms with Crippen LogP contribution in [0.15, 0.2) is 55.0 Å². The van der Waals surface area contributed by atoms with Crippen LogP contribution in [0.4, 0.5) is 5.82 Å². The summed E-state index contributed by atoms with van der Waals surface area (Å²) in [4.78, 5) is 8.82. The van der Waals surface area contributed by atoms with E-state index in [0.29, 0.717) is 17.3 Å². The van der Waals surface area contributed by atoms with Crippen molar-refractivity contribution in [2.75, 3.05) is 5.32 Å².